The lowest BCUT2D eigenvalue weighted by Crippen LogP contribution is -2.51. The van der Waals surface area contributed by atoms with Crippen LogP contribution in [-0.2, 0) is 16.0 Å². The molecule has 3 atom stereocenters. The van der Waals surface area contributed by atoms with Gasteiger partial charge in [-0.15, -0.1) is 0 Å². The minimum absolute atomic E-state index is 0.00470. The van der Waals surface area contributed by atoms with Crippen LogP contribution in [0.15, 0.2) is 30.5 Å². The summed E-state index contributed by atoms with van der Waals surface area (Å²) in [5.74, 6) is -0.00397. The van der Waals surface area contributed by atoms with Crippen molar-refractivity contribution in [2.24, 2.45) is 5.92 Å². The predicted octanol–water partition coefficient (Wildman–Crippen LogP) is 2.40. The van der Waals surface area contributed by atoms with E-state index in [0.29, 0.717) is 31.5 Å². The van der Waals surface area contributed by atoms with Crippen molar-refractivity contribution in [2.45, 2.75) is 57.0 Å². The van der Waals surface area contributed by atoms with Gasteiger partial charge in [0.2, 0.25) is 5.91 Å². The van der Waals surface area contributed by atoms with Gasteiger partial charge in [0.05, 0.1) is 6.42 Å². The number of nitrogens with one attached hydrogen (secondary N) is 3. The van der Waals surface area contributed by atoms with E-state index in [9.17, 15) is 14.4 Å². The zero-order chi connectivity index (χ0) is 22.8. The van der Waals surface area contributed by atoms with Gasteiger partial charge in [-0.3, -0.25) is 14.5 Å². The van der Waals surface area contributed by atoms with E-state index in [4.69, 9.17) is 0 Å². The van der Waals surface area contributed by atoms with Crippen molar-refractivity contribution in [3.05, 3.63) is 36.0 Å². The third-order valence-corrected chi connectivity index (χ3v) is 7.57. The number of imide groups is 1. The number of benzene rings is 1. The highest BCUT2D eigenvalue weighted by Crippen LogP contribution is 2.30. The molecule has 3 N–H and O–H groups in total. The van der Waals surface area contributed by atoms with Gasteiger partial charge in [0, 0.05) is 36.2 Å². The maximum atomic E-state index is 12.8. The van der Waals surface area contributed by atoms with Crippen molar-refractivity contribution in [1.82, 2.24) is 25.4 Å². The standard InChI is InChI=1S/C25H33N5O3/c31-23(27-16-18-6-5-12-29-11-4-3-9-22(18)29)14-21-24(32)30(25(33)28-21)13-10-17-15-26-20-8-2-1-7-19(17)20/h1-2,7-8,15,18,21-22,26H,3-6,9-14,16H2,(H,27,31)(H,28,33)/t18-,21-,22-/m0/s1. The molecule has 3 saturated heterocycles. The van der Waals surface area contributed by atoms with Gasteiger partial charge in [-0.05, 0) is 62.7 Å². The first kappa shape index (κ1) is 21.9. The largest absolute Gasteiger partial charge is 0.361 e. The van der Waals surface area contributed by atoms with Crippen molar-refractivity contribution in [3.8, 4) is 0 Å². The Balaban J connectivity index is 1.12. The summed E-state index contributed by atoms with van der Waals surface area (Å²) in [7, 11) is 0. The number of amides is 4. The van der Waals surface area contributed by atoms with Crippen molar-refractivity contribution in [3.63, 3.8) is 0 Å². The molecule has 3 aliphatic heterocycles. The second kappa shape index (κ2) is 9.55. The molecule has 8 nitrogen and oxygen atoms in total. The van der Waals surface area contributed by atoms with Gasteiger partial charge in [-0.25, -0.2) is 4.79 Å². The number of aromatic nitrogens is 1. The zero-order valence-electron chi connectivity index (χ0n) is 19.0. The molecule has 4 heterocycles. The molecule has 0 spiro atoms. The molecule has 4 amide bonds. The summed E-state index contributed by atoms with van der Waals surface area (Å²) in [6.07, 6.45) is 8.56. The number of fused-ring (bicyclic) bond motifs is 2. The van der Waals surface area contributed by atoms with Gasteiger partial charge in [-0.1, -0.05) is 24.6 Å². The Hall–Kier alpha value is -2.87. The SMILES string of the molecule is O=C(C[C@@H]1NC(=O)N(CCc2c[nH]c3ccccc23)C1=O)NC[C@@H]1CCCN2CCCC[C@@H]12. The second-order valence-corrected chi connectivity index (χ2v) is 9.61. The van der Waals surface area contributed by atoms with E-state index >= 15 is 0 Å². The van der Waals surface area contributed by atoms with E-state index in [0.717, 1.165) is 22.9 Å². The number of aromatic amines is 1. The topological polar surface area (TPSA) is 97.5 Å². The van der Waals surface area contributed by atoms with Crippen LogP contribution in [0.3, 0.4) is 0 Å². The first-order valence-corrected chi connectivity index (χ1v) is 12.3. The van der Waals surface area contributed by atoms with Crippen LogP contribution in [0.4, 0.5) is 4.79 Å². The van der Waals surface area contributed by atoms with Crippen molar-refractivity contribution in [2.75, 3.05) is 26.2 Å². The van der Waals surface area contributed by atoms with Crippen LogP contribution in [-0.4, -0.2) is 70.9 Å². The summed E-state index contributed by atoms with van der Waals surface area (Å²) in [6.45, 7) is 3.29. The van der Waals surface area contributed by atoms with Crippen LogP contribution >= 0.6 is 0 Å². The smallest absolute Gasteiger partial charge is 0.324 e. The number of para-hydroxylation sites is 1. The third kappa shape index (κ3) is 4.62. The maximum absolute atomic E-state index is 12.8. The molecule has 0 unspecified atom stereocenters. The first-order valence-electron chi connectivity index (χ1n) is 12.3. The normalized spacial score (nSPS) is 25.8. The summed E-state index contributed by atoms with van der Waals surface area (Å²) in [6, 6.07) is 7.34. The summed E-state index contributed by atoms with van der Waals surface area (Å²) in [5, 5.41) is 6.84. The van der Waals surface area contributed by atoms with E-state index in [2.05, 4.69) is 20.5 Å². The Morgan fingerprint density at radius 2 is 1.94 bits per heavy atom. The molecule has 3 fully saturated rings. The van der Waals surface area contributed by atoms with Gasteiger partial charge in [0.25, 0.3) is 5.91 Å². The van der Waals surface area contributed by atoms with Crippen LogP contribution in [0.1, 0.15) is 44.1 Å². The number of hydrogen-bond donors (Lipinski definition) is 3. The lowest BCUT2D eigenvalue weighted by molar-refractivity contribution is -0.131. The number of urea groups is 1. The van der Waals surface area contributed by atoms with Crippen molar-refractivity contribution < 1.29 is 14.4 Å². The fourth-order valence-electron chi connectivity index (χ4n) is 5.82. The number of carbonyl (C=O) groups excluding carboxylic acids is 3. The zero-order valence-corrected chi connectivity index (χ0v) is 19.0. The number of carbonyl (C=O) groups is 3. The molecule has 1 aromatic heterocycles. The van der Waals surface area contributed by atoms with E-state index in [1.807, 2.05) is 30.5 Å². The van der Waals surface area contributed by atoms with Crippen molar-refractivity contribution in [1.29, 1.82) is 0 Å². The van der Waals surface area contributed by atoms with Gasteiger partial charge in [-0.2, -0.15) is 0 Å². The van der Waals surface area contributed by atoms with Crippen LogP contribution in [0, 0.1) is 5.92 Å². The minimum atomic E-state index is -0.780. The monoisotopic (exact) mass is 451 g/mol. The average Bonchev–Trinajstić information content (AvgIpc) is 3.36. The number of hydrogen-bond acceptors (Lipinski definition) is 4. The summed E-state index contributed by atoms with van der Waals surface area (Å²) < 4.78 is 0. The average molecular weight is 452 g/mol. The Morgan fingerprint density at radius 3 is 2.85 bits per heavy atom. The fourth-order valence-corrected chi connectivity index (χ4v) is 5.82. The molecule has 0 saturated carbocycles. The minimum Gasteiger partial charge on any atom is -0.361 e. The molecule has 0 radical (unpaired) electrons. The fraction of sp³-hybridized carbons (Fsp3) is 0.560. The molecule has 2 aromatic rings. The Bertz CT molecular complexity index is 1030. The highest BCUT2D eigenvalue weighted by Gasteiger charge is 2.39. The molecule has 1 aromatic carbocycles. The Morgan fingerprint density at radius 1 is 1.09 bits per heavy atom. The number of piperidine rings is 2. The van der Waals surface area contributed by atoms with Gasteiger partial charge in [0.15, 0.2) is 0 Å². The van der Waals surface area contributed by atoms with Gasteiger partial charge < -0.3 is 20.5 Å². The Kier molecular flexibility index (Phi) is 6.35. The summed E-state index contributed by atoms with van der Waals surface area (Å²) in [5.41, 5.74) is 2.10. The lowest BCUT2D eigenvalue weighted by Gasteiger charge is -2.44. The lowest BCUT2D eigenvalue weighted by atomic mass is 9.83. The van der Waals surface area contributed by atoms with Crippen LogP contribution in [0.5, 0.6) is 0 Å². The summed E-state index contributed by atoms with van der Waals surface area (Å²) >= 11 is 0. The number of nitrogens with zero attached hydrogens (tertiary/aromatic N) is 2. The van der Waals surface area contributed by atoms with Crippen LogP contribution < -0.4 is 10.6 Å². The molecule has 8 heteroatoms. The van der Waals surface area contributed by atoms with E-state index in [1.165, 1.54) is 43.7 Å². The maximum Gasteiger partial charge on any atom is 0.324 e. The first-order chi connectivity index (χ1) is 16.1. The predicted molar refractivity (Wildman–Crippen MR) is 126 cm³/mol. The number of H-pyrrole nitrogens is 1. The highest BCUT2D eigenvalue weighted by molar-refractivity contribution is 6.05. The molecule has 5 rings (SSSR count). The molecule has 176 valence electrons. The van der Waals surface area contributed by atoms with Gasteiger partial charge in [0.1, 0.15) is 6.04 Å². The van der Waals surface area contributed by atoms with Crippen LogP contribution in [0.25, 0.3) is 10.9 Å². The summed E-state index contributed by atoms with van der Waals surface area (Å²) in [4.78, 5) is 44.9. The Labute approximate surface area is 194 Å². The molecule has 33 heavy (non-hydrogen) atoms. The molecule has 3 aliphatic rings. The van der Waals surface area contributed by atoms with E-state index in [-0.39, 0.29) is 18.2 Å². The molecular formula is C25H33N5O3. The number of rotatable bonds is 7. The third-order valence-electron chi connectivity index (χ3n) is 7.57. The van der Waals surface area contributed by atoms with Gasteiger partial charge >= 0.3 is 6.03 Å². The second-order valence-electron chi connectivity index (χ2n) is 9.61. The quantitative estimate of drug-likeness (QED) is 0.563. The molecule has 0 aliphatic carbocycles. The molecule has 0 bridgehead atoms. The van der Waals surface area contributed by atoms with E-state index < -0.39 is 12.1 Å². The van der Waals surface area contributed by atoms with Crippen molar-refractivity contribution >= 4 is 28.7 Å². The van der Waals surface area contributed by atoms with Crippen LogP contribution in [0.2, 0.25) is 0 Å². The highest BCUT2D eigenvalue weighted by atomic mass is 16.2. The van der Waals surface area contributed by atoms with E-state index in [1.54, 1.807) is 0 Å². The molecular weight excluding hydrogens is 418 g/mol.